The van der Waals surface area contributed by atoms with Gasteiger partial charge in [-0.05, 0) is 29.7 Å². The fourth-order valence-electron chi connectivity index (χ4n) is 5.23. The minimum atomic E-state index is -2.17. The number of hydrogen-bond donors (Lipinski definition) is 7. The summed E-state index contributed by atoms with van der Waals surface area (Å²) < 4.78 is 0. The van der Waals surface area contributed by atoms with E-state index < -0.39 is 71.8 Å². The Labute approximate surface area is 206 Å². The van der Waals surface area contributed by atoms with E-state index in [0.29, 0.717) is 12.8 Å². The van der Waals surface area contributed by atoms with Gasteiger partial charge in [0.05, 0.1) is 18.6 Å². The van der Waals surface area contributed by atoms with E-state index in [0.717, 1.165) is 17.7 Å². The third-order valence-corrected chi connectivity index (χ3v) is 7.94. The van der Waals surface area contributed by atoms with Gasteiger partial charge in [0.15, 0.2) is 0 Å². The summed E-state index contributed by atoms with van der Waals surface area (Å²) in [5.41, 5.74) is 2.57. The van der Waals surface area contributed by atoms with Crippen molar-refractivity contribution in [3.05, 3.63) is 22.4 Å². The van der Waals surface area contributed by atoms with Crippen LogP contribution >= 0.6 is 11.3 Å². The molecule has 194 valence electrons. The number of aliphatic carboxylic acids is 1. The monoisotopic (exact) mass is 511 g/mol. The van der Waals surface area contributed by atoms with Crippen LogP contribution < -0.4 is 16.4 Å². The molecule has 0 aliphatic heterocycles. The second-order valence-corrected chi connectivity index (χ2v) is 10.9. The summed E-state index contributed by atoms with van der Waals surface area (Å²) in [4.78, 5) is 49.7. The maximum absolute atomic E-state index is 13.0. The van der Waals surface area contributed by atoms with Gasteiger partial charge in [-0.2, -0.15) is 0 Å². The molecule has 0 spiro atoms. The molecule has 0 saturated heterocycles. The van der Waals surface area contributed by atoms with Gasteiger partial charge >= 0.3 is 5.97 Å². The van der Waals surface area contributed by atoms with Gasteiger partial charge in [-0.1, -0.05) is 18.9 Å². The van der Waals surface area contributed by atoms with Crippen molar-refractivity contribution in [3.63, 3.8) is 0 Å². The molecule has 0 unspecified atom stereocenters. The first-order valence-corrected chi connectivity index (χ1v) is 12.5. The van der Waals surface area contributed by atoms with Crippen LogP contribution in [0.15, 0.2) is 17.5 Å². The number of aliphatic hydroxyl groups is 3. The van der Waals surface area contributed by atoms with Crippen molar-refractivity contribution in [2.45, 2.75) is 87.7 Å². The lowest BCUT2D eigenvalue weighted by molar-refractivity contribution is -0.161. The molecule has 1 aromatic heterocycles. The molecule has 5 atom stereocenters. The van der Waals surface area contributed by atoms with Gasteiger partial charge in [0.1, 0.15) is 17.7 Å². The fraction of sp³-hybridized carbons (Fsp3) is 0.652. The molecule has 0 aromatic carbocycles. The van der Waals surface area contributed by atoms with Gasteiger partial charge in [-0.25, -0.2) is 0 Å². The third kappa shape index (κ3) is 6.78. The molecular formula is C23H33N3O8S. The Morgan fingerprint density at radius 3 is 2.40 bits per heavy atom. The van der Waals surface area contributed by atoms with E-state index >= 15 is 0 Å². The van der Waals surface area contributed by atoms with Crippen molar-refractivity contribution in [3.8, 4) is 0 Å². The van der Waals surface area contributed by atoms with Crippen molar-refractivity contribution in [1.82, 2.24) is 10.6 Å². The molecule has 2 saturated carbocycles. The van der Waals surface area contributed by atoms with Crippen molar-refractivity contribution in [2.24, 2.45) is 11.1 Å². The molecule has 2 aliphatic rings. The maximum Gasteiger partial charge on any atom is 0.303 e. The third-order valence-electron chi connectivity index (χ3n) is 7.04. The summed E-state index contributed by atoms with van der Waals surface area (Å²) in [6, 6.07) is 1.30. The molecule has 2 fully saturated rings. The smallest absolute Gasteiger partial charge is 0.303 e. The summed E-state index contributed by atoms with van der Waals surface area (Å²) in [6.07, 6.45) is -1.14. The number of carboxylic acid groups (broad SMARTS) is 1. The molecule has 1 aromatic rings. The SMILES string of the molecule is NC(=O)[C@H](Cc1cccs1)NC(=O)[C@]1(O)C[C@@H](O)[C@H](O)[C@@H](NC(=O)CC2(CC(=O)O)CCCC2)C1. The van der Waals surface area contributed by atoms with Crippen LogP contribution in [0.4, 0.5) is 0 Å². The first-order valence-electron chi connectivity index (χ1n) is 11.7. The maximum atomic E-state index is 13.0. The number of thiophene rings is 1. The van der Waals surface area contributed by atoms with Crippen molar-refractivity contribution in [2.75, 3.05) is 0 Å². The Hall–Kier alpha value is -2.54. The minimum Gasteiger partial charge on any atom is -0.481 e. The standard InChI is InChI=1S/C23H33N3O8S/c24-20(32)14(8-13-4-3-7-35-13)26-21(33)23(34)9-15(19(31)16(27)10-23)25-17(28)11-22(12-18(29)30)5-1-2-6-22/h3-4,7,14-16,19,27,31,34H,1-2,5-6,8-12H2,(H2,24,32)(H,25,28)(H,26,33)(H,29,30)/t14-,15-,16+,19+,23+/m0/s1. The number of aliphatic hydroxyl groups excluding tert-OH is 2. The molecule has 0 bridgehead atoms. The fourth-order valence-corrected chi connectivity index (χ4v) is 5.98. The topological polar surface area (TPSA) is 199 Å². The predicted octanol–water partition coefficient (Wildman–Crippen LogP) is -0.583. The first kappa shape index (κ1) is 27.1. The predicted molar refractivity (Wildman–Crippen MR) is 125 cm³/mol. The Morgan fingerprint density at radius 1 is 1.14 bits per heavy atom. The highest BCUT2D eigenvalue weighted by Gasteiger charge is 2.50. The second-order valence-electron chi connectivity index (χ2n) is 9.84. The zero-order valence-corrected chi connectivity index (χ0v) is 20.1. The van der Waals surface area contributed by atoms with Crippen LogP contribution in [0.25, 0.3) is 0 Å². The molecule has 3 amide bonds. The number of carbonyl (C=O) groups excluding carboxylic acids is 3. The van der Waals surface area contributed by atoms with E-state index in [4.69, 9.17) is 5.73 Å². The van der Waals surface area contributed by atoms with Crippen molar-refractivity contribution < 1.29 is 39.6 Å². The molecular weight excluding hydrogens is 478 g/mol. The molecule has 8 N–H and O–H groups in total. The highest BCUT2D eigenvalue weighted by atomic mass is 32.1. The summed E-state index contributed by atoms with van der Waals surface area (Å²) in [5.74, 6) is -3.26. The largest absolute Gasteiger partial charge is 0.481 e. The van der Waals surface area contributed by atoms with Gasteiger partial charge in [-0.3, -0.25) is 19.2 Å². The zero-order valence-electron chi connectivity index (χ0n) is 19.3. The summed E-state index contributed by atoms with van der Waals surface area (Å²) >= 11 is 1.38. The van der Waals surface area contributed by atoms with Crippen LogP contribution in [-0.2, 0) is 25.6 Å². The van der Waals surface area contributed by atoms with Crippen LogP contribution in [0, 0.1) is 5.41 Å². The van der Waals surface area contributed by atoms with E-state index in [1.807, 2.05) is 0 Å². The van der Waals surface area contributed by atoms with Crippen LogP contribution in [0.1, 0.15) is 56.2 Å². The number of primary amides is 1. The van der Waals surface area contributed by atoms with E-state index in [1.165, 1.54) is 11.3 Å². The second kappa shape index (κ2) is 11.0. The molecule has 35 heavy (non-hydrogen) atoms. The lowest BCUT2D eigenvalue weighted by Crippen LogP contribution is -2.64. The van der Waals surface area contributed by atoms with Gasteiger partial charge in [0.25, 0.3) is 5.91 Å². The van der Waals surface area contributed by atoms with E-state index in [2.05, 4.69) is 10.6 Å². The van der Waals surface area contributed by atoms with Crippen LogP contribution in [-0.4, -0.2) is 74.0 Å². The Balaban J connectivity index is 1.67. The van der Waals surface area contributed by atoms with E-state index in [9.17, 15) is 39.6 Å². The Morgan fingerprint density at radius 2 is 1.83 bits per heavy atom. The Bertz CT molecular complexity index is 933. The quantitative estimate of drug-likeness (QED) is 0.216. The van der Waals surface area contributed by atoms with Gasteiger partial charge in [-0.15, -0.1) is 11.3 Å². The number of rotatable bonds is 10. The Kier molecular flexibility index (Phi) is 8.52. The normalized spacial score (nSPS) is 28.7. The number of amides is 3. The average Bonchev–Trinajstić information content (AvgIpc) is 3.42. The average molecular weight is 512 g/mol. The number of nitrogens with one attached hydrogen (secondary N) is 2. The first-order chi connectivity index (χ1) is 16.4. The van der Waals surface area contributed by atoms with Gasteiger partial charge in [0.2, 0.25) is 11.8 Å². The molecule has 12 heteroatoms. The van der Waals surface area contributed by atoms with Crippen molar-refractivity contribution in [1.29, 1.82) is 0 Å². The van der Waals surface area contributed by atoms with Gasteiger partial charge in [0, 0.05) is 30.6 Å². The molecule has 11 nitrogen and oxygen atoms in total. The summed E-state index contributed by atoms with van der Waals surface area (Å²) in [6.45, 7) is 0. The number of carbonyl (C=O) groups is 4. The van der Waals surface area contributed by atoms with E-state index in [1.54, 1.807) is 17.5 Å². The number of nitrogens with two attached hydrogens (primary N) is 1. The number of hydrogen-bond acceptors (Lipinski definition) is 8. The molecule has 3 rings (SSSR count). The highest BCUT2D eigenvalue weighted by Crippen LogP contribution is 2.44. The molecule has 2 aliphatic carbocycles. The summed E-state index contributed by atoms with van der Waals surface area (Å²) in [5, 5.41) is 47.9. The van der Waals surface area contributed by atoms with E-state index in [-0.39, 0.29) is 19.3 Å². The lowest BCUT2D eigenvalue weighted by atomic mass is 9.76. The summed E-state index contributed by atoms with van der Waals surface area (Å²) in [7, 11) is 0. The van der Waals surface area contributed by atoms with Crippen LogP contribution in [0.2, 0.25) is 0 Å². The minimum absolute atomic E-state index is 0.0756. The van der Waals surface area contributed by atoms with Crippen molar-refractivity contribution >= 4 is 35.0 Å². The van der Waals surface area contributed by atoms with Crippen LogP contribution in [0.3, 0.4) is 0 Å². The zero-order chi connectivity index (χ0) is 25.8. The van der Waals surface area contributed by atoms with Crippen LogP contribution in [0.5, 0.6) is 0 Å². The van der Waals surface area contributed by atoms with Gasteiger partial charge < -0.3 is 36.8 Å². The molecule has 1 heterocycles. The lowest BCUT2D eigenvalue weighted by Gasteiger charge is -2.42. The molecule has 0 radical (unpaired) electrons. The number of carboxylic acids is 1. The highest BCUT2D eigenvalue weighted by molar-refractivity contribution is 7.09.